The van der Waals surface area contributed by atoms with E-state index in [0.29, 0.717) is 5.82 Å². The summed E-state index contributed by atoms with van der Waals surface area (Å²) in [7, 11) is 0. The van der Waals surface area contributed by atoms with E-state index in [1.54, 1.807) is 6.07 Å². The number of hydrogen-bond acceptors (Lipinski definition) is 5. The molecule has 0 aliphatic carbocycles. The first-order valence-electron chi connectivity index (χ1n) is 5.44. The molecule has 0 saturated carbocycles. The molecule has 1 N–H and O–H groups in total. The van der Waals surface area contributed by atoms with Crippen LogP contribution in [0.25, 0.3) is 0 Å². The molecule has 17 heavy (non-hydrogen) atoms. The Labute approximate surface area is 97.8 Å². The van der Waals surface area contributed by atoms with E-state index in [9.17, 15) is 8.78 Å². The van der Waals surface area contributed by atoms with Gasteiger partial charge in [-0.15, -0.1) is 0 Å². The molecule has 1 saturated heterocycles. The Morgan fingerprint density at radius 1 is 1.35 bits per heavy atom. The Morgan fingerprint density at radius 3 is 2.82 bits per heavy atom. The van der Waals surface area contributed by atoms with Gasteiger partial charge in [0.15, 0.2) is 6.61 Å². The summed E-state index contributed by atoms with van der Waals surface area (Å²) in [4.78, 5) is 9.97. The number of hydrogen-bond donors (Lipinski definition) is 1. The van der Waals surface area contributed by atoms with Crippen molar-refractivity contribution in [3.63, 3.8) is 0 Å². The van der Waals surface area contributed by atoms with Crippen LogP contribution in [0.1, 0.15) is 0 Å². The van der Waals surface area contributed by atoms with E-state index < -0.39 is 13.0 Å². The highest BCUT2D eigenvalue weighted by Crippen LogP contribution is 2.16. The van der Waals surface area contributed by atoms with Gasteiger partial charge in [0, 0.05) is 32.2 Å². The summed E-state index contributed by atoms with van der Waals surface area (Å²) in [6.07, 6.45) is -1.16. The molecule has 7 heteroatoms. The molecule has 94 valence electrons. The molecule has 0 spiro atoms. The average molecular weight is 244 g/mol. The number of piperazine rings is 1. The molecule has 1 fully saturated rings. The van der Waals surface area contributed by atoms with Gasteiger partial charge >= 0.3 is 0 Å². The van der Waals surface area contributed by atoms with Gasteiger partial charge in [0.05, 0.1) is 0 Å². The Kier molecular flexibility index (Phi) is 4.03. The van der Waals surface area contributed by atoms with Crippen LogP contribution >= 0.6 is 0 Å². The van der Waals surface area contributed by atoms with Crippen molar-refractivity contribution in [2.75, 3.05) is 37.7 Å². The van der Waals surface area contributed by atoms with Crippen molar-refractivity contribution in [2.24, 2.45) is 0 Å². The van der Waals surface area contributed by atoms with Crippen LogP contribution in [0.5, 0.6) is 5.88 Å². The number of rotatable bonds is 4. The van der Waals surface area contributed by atoms with Crippen LogP contribution in [-0.4, -0.2) is 49.2 Å². The molecule has 1 aliphatic rings. The molecule has 1 aromatic rings. The standard InChI is InChI=1S/C10H14F2N4O/c11-8(12)6-17-10-5-9(14-7-15-10)16-3-1-13-2-4-16/h5,7-8,13H,1-4,6H2. The number of aromatic nitrogens is 2. The molecule has 0 aromatic carbocycles. The van der Waals surface area contributed by atoms with Gasteiger partial charge in [0.2, 0.25) is 5.88 Å². The molecule has 2 rings (SSSR count). The van der Waals surface area contributed by atoms with Gasteiger partial charge in [-0.2, -0.15) is 0 Å². The maximum absolute atomic E-state index is 12.0. The number of alkyl halides is 2. The number of anilines is 1. The molecular weight excluding hydrogens is 230 g/mol. The Morgan fingerprint density at radius 2 is 2.12 bits per heavy atom. The summed E-state index contributed by atoms with van der Waals surface area (Å²) >= 11 is 0. The maximum Gasteiger partial charge on any atom is 0.272 e. The highest BCUT2D eigenvalue weighted by Gasteiger charge is 2.13. The van der Waals surface area contributed by atoms with Gasteiger partial charge in [-0.05, 0) is 0 Å². The zero-order chi connectivity index (χ0) is 12.1. The largest absolute Gasteiger partial charge is 0.471 e. The van der Waals surface area contributed by atoms with Gasteiger partial charge in [0.1, 0.15) is 12.1 Å². The second-order valence-corrected chi connectivity index (χ2v) is 3.65. The summed E-state index contributed by atoms with van der Waals surface area (Å²) in [6, 6.07) is 1.59. The topological polar surface area (TPSA) is 50.3 Å². The summed E-state index contributed by atoms with van der Waals surface area (Å²) in [5.74, 6) is 0.902. The van der Waals surface area contributed by atoms with Crippen LogP contribution in [0, 0.1) is 0 Å². The van der Waals surface area contributed by atoms with Crippen molar-refractivity contribution >= 4 is 5.82 Å². The maximum atomic E-state index is 12.0. The van der Waals surface area contributed by atoms with E-state index in [1.807, 2.05) is 0 Å². The Hall–Kier alpha value is -1.50. The third-order valence-corrected chi connectivity index (χ3v) is 2.43. The minimum absolute atomic E-state index is 0.189. The van der Waals surface area contributed by atoms with E-state index in [0.717, 1.165) is 26.2 Å². The highest BCUT2D eigenvalue weighted by molar-refractivity contribution is 5.41. The summed E-state index contributed by atoms with van der Waals surface area (Å²) in [5, 5.41) is 3.22. The van der Waals surface area contributed by atoms with Crippen LogP contribution < -0.4 is 15.0 Å². The lowest BCUT2D eigenvalue weighted by atomic mass is 10.3. The SMILES string of the molecule is FC(F)COc1cc(N2CCNCC2)ncn1. The van der Waals surface area contributed by atoms with E-state index >= 15 is 0 Å². The summed E-state index contributed by atoms with van der Waals surface area (Å²) in [6.45, 7) is 2.81. The molecular formula is C10H14F2N4O. The lowest BCUT2D eigenvalue weighted by molar-refractivity contribution is 0.0795. The van der Waals surface area contributed by atoms with Crippen molar-refractivity contribution in [3.05, 3.63) is 12.4 Å². The molecule has 5 nitrogen and oxygen atoms in total. The lowest BCUT2D eigenvalue weighted by Crippen LogP contribution is -2.43. The van der Waals surface area contributed by atoms with Crippen molar-refractivity contribution in [1.82, 2.24) is 15.3 Å². The van der Waals surface area contributed by atoms with Crippen LogP contribution in [0.2, 0.25) is 0 Å². The molecule has 0 atom stereocenters. The van der Waals surface area contributed by atoms with Crippen LogP contribution in [-0.2, 0) is 0 Å². The van der Waals surface area contributed by atoms with E-state index in [4.69, 9.17) is 4.74 Å². The molecule has 0 unspecified atom stereocenters. The first kappa shape index (κ1) is 12.0. The van der Waals surface area contributed by atoms with Gasteiger partial charge < -0.3 is 15.0 Å². The number of halogens is 2. The molecule has 0 amide bonds. The van der Waals surface area contributed by atoms with E-state index in [2.05, 4.69) is 20.2 Å². The van der Waals surface area contributed by atoms with E-state index in [1.165, 1.54) is 6.33 Å². The number of nitrogens with one attached hydrogen (secondary N) is 1. The minimum Gasteiger partial charge on any atom is -0.471 e. The molecule has 1 aromatic heterocycles. The molecule has 0 radical (unpaired) electrons. The van der Waals surface area contributed by atoms with Crippen LogP contribution in [0.15, 0.2) is 12.4 Å². The Bertz CT molecular complexity index is 358. The van der Waals surface area contributed by atoms with Crippen LogP contribution in [0.4, 0.5) is 14.6 Å². The first-order valence-corrected chi connectivity index (χ1v) is 5.44. The second kappa shape index (κ2) is 5.72. The molecule has 1 aliphatic heterocycles. The van der Waals surface area contributed by atoms with Crippen molar-refractivity contribution in [1.29, 1.82) is 0 Å². The third-order valence-electron chi connectivity index (χ3n) is 2.43. The van der Waals surface area contributed by atoms with Crippen molar-refractivity contribution < 1.29 is 13.5 Å². The number of ether oxygens (including phenoxy) is 1. The fraction of sp³-hybridized carbons (Fsp3) is 0.600. The number of nitrogens with zero attached hydrogens (tertiary/aromatic N) is 3. The summed E-state index contributed by atoms with van der Waals surface area (Å²) < 4.78 is 28.8. The van der Waals surface area contributed by atoms with Gasteiger partial charge in [-0.3, -0.25) is 0 Å². The monoisotopic (exact) mass is 244 g/mol. The fourth-order valence-corrected chi connectivity index (χ4v) is 1.62. The predicted molar refractivity (Wildman–Crippen MR) is 58.6 cm³/mol. The smallest absolute Gasteiger partial charge is 0.272 e. The van der Waals surface area contributed by atoms with Gasteiger partial charge in [-0.25, -0.2) is 18.7 Å². The zero-order valence-corrected chi connectivity index (χ0v) is 9.27. The highest BCUT2D eigenvalue weighted by atomic mass is 19.3. The lowest BCUT2D eigenvalue weighted by Gasteiger charge is -2.28. The van der Waals surface area contributed by atoms with E-state index in [-0.39, 0.29) is 5.88 Å². The Balaban J connectivity index is 2.00. The van der Waals surface area contributed by atoms with Crippen LogP contribution in [0.3, 0.4) is 0 Å². The van der Waals surface area contributed by atoms with Crippen molar-refractivity contribution in [2.45, 2.75) is 6.43 Å². The molecule has 2 heterocycles. The molecule has 0 bridgehead atoms. The van der Waals surface area contributed by atoms with Crippen molar-refractivity contribution in [3.8, 4) is 5.88 Å². The second-order valence-electron chi connectivity index (χ2n) is 3.65. The zero-order valence-electron chi connectivity index (χ0n) is 9.27. The van der Waals surface area contributed by atoms with Gasteiger partial charge in [-0.1, -0.05) is 0 Å². The third kappa shape index (κ3) is 3.48. The first-order chi connectivity index (χ1) is 8.25. The fourth-order valence-electron chi connectivity index (χ4n) is 1.62. The quantitative estimate of drug-likeness (QED) is 0.837. The normalized spacial score (nSPS) is 16.3. The predicted octanol–water partition coefficient (Wildman–Crippen LogP) is 0.530. The summed E-state index contributed by atoms with van der Waals surface area (Å²) in [5.41, 5.74) is 0. The van der Waals surface area contributed by atoms with Gasteiger partial charge in [0.25, 0.3) is 6.43 Å². The average Bonchev–Trinajstić information content (AvgIpc) is 2.38. The minimum atomic E-state index is -2.49.